The second-order valence-electron chi connectivity index (χ2n) is 5.97. The molecular weight excluding hydrogens is 270 g/mol. The molecule has 0 aromatic carbocycles. The molecule has 0 amide bonds. The molecule has 2 unspecified atom stereocenters. The van der Waals surface area contributed by atoms with Crippen LogP contribution in [0.4, 0.5) is 17.5 Å². The summed E-state index contributed by atoms with van der Waals surface area (Å²) < 4.78 is 0. The monoisotopic (exact) mass is 293 g/mol. The van der Waals surface area contributed by atoms with Gasteiger partial charge in [-0.2, -0.15) is 4.98 Å². The number of hydrogen-bond acceptors (Lipinski definition) is 6. The maximum atomic E-state index is 11.1. The molecule has 21 heavy (non-hydrogen) atoms. The van der Waals surface area contributed by atoms with Gasteiger partial charge in [0.25, 0.3) is 0 Å². The zero-order valence-electron chi connectivity index (χ0n) is 12.8. The molecule has 7 nitrogen and oxygen atoms in total. The highest BCUT2D eigenvalue weighted by molar-refractivity contribution is 5.57. The zero-order valence-corrected chi connectivity index (χ0v) is 12.8. The van der Waals surface area contributed by atoms with Crippen LogP contribution in [0.25, 0.3) is 0 Å². The van der Waals surface area contributed by atoms with Gasteiger partial charge in [-0.1, -0.05) is 13.8 Å². The van der Waals surface area contributed by atoms with Crippen molar-refractivity contribution in [1.82, 2.24) is 9.97 Å². The minimum atomic E-state index is -0.437. The normalized spacial score (nSPS) is 25.4. The molecule has 1 aromatic rings. The first kappa shape index (κ1) is 15.5. The van der Waals surface area contributed by atoms with Crippen LogP contribution < -0.4 is 10.6 Å². The first-order valence-electron chi connectivity index (χ1n) is 7.51. The quantitative estimate of drug-likeness (QED) is 0.640. The molecule has 1 fully saturated rings. The Morgan fingerprint density at radius 1 is 1.33 bits per heavy atom. The van der Waals surface area contributed by atoms with Crippen LogP contribution in [0.1, 0.15) is 40.0 Å². The lowest BCUT2D eigenvalue weighted by atomic mass is 9.80. The van der Waals surface area contributed by atoms with Crippen LogP contribution in [0, 0.1) is 22.0 Å². The Balaban J connectivity index is 2.19. The second-order valence-corrected chi connectivity index (χ2v) is 5.97. The molecule has 0 aliphatic heterocycles. The molecule has 1 aliphatic carbocycles. The molecule has 1 saturated carbocycles. The highest BCUT2D eigenvalue weighted by atomic mass is 16.6. The fraction of sp³-hybridized carbons (Fsp3) is 0.714. The van der Waals surface area contributed by atoms with E-state index in [2.05, 4.69) is 34.4 Å². The largest absolute Gasteiger partial charge is 0.361 e. The number of anilines is 2. The molecule has 1 heterocycles. The smallest absolute Gasteiger partial charge is 0.329 e. The summed E-state index contributed by atoms with van der Waals surface area (Å²) >= 11 is 0. The van der Waals surface area contributed by atoms with E-state index < -0.39 is 4.92 Å². The van der Waals surface area contributed by atoms with Crippen molar-refractivity contribution in [3.63, 3.8) is 0 Å². The maximum Gasteiger partial charge on any atom is 0.329 e. The van der Waals surface area contributed by atoms with Crippen LogP contribution in [-0.2, 0) is 0 Å². The van der Waals surface area contributed by atoms with Crippen molar-refractivity contribution in [3.8, 4) is 0 Å². The first-order valence-corrected chi connectivity index (χ1v) is 7.51. The third-order valence-corrected chi connectivity index (χ3v) is 3.82. The average Bonchev–Trinajstić information content (AvgIpc) is 2.37. The molecular formula is C14H23N5O2. The van der Waals surface area contributed by atoms with Gasteiger partial charge in [0.15, 0.2) is 0 Å². The molecule has 7 heteroatoms. The lowest BCUT2D eigenvalue weighted by molar-refractivity contribution is -0.384. The van der Waals surface area contributed by atoms with Gasteiger partial charge in [0.1, 0.15) is 6.20 Å². The van der Waals surface area contributed by atoms with E-state index in [1.165, 1.54) is 12.6 Å². The van der Waals surface area contributed by atoms with Gasteiger partial charge in [-0.3, -0.25) is 10.1 Å². The molecule has 0 saturated heterocycles. The van der Waals surface area contributed by atoms with E-state index >= 15 is 0 Å². The summed E-state index contributed by atoms with van der Waals surface area (Å²) in [6.07, 6.45) is 4.51. The van der Waals surface area contributed by atoms with Gasteiger partial charge < -0.3 is 10.6 Å². The summed E-state index contributed by atoms with van der Waals surface area (Å²) in [4.78, 5) is 18.9. The SMILES string of the molecule is CCNc1ncc([N+](=O)[O-])c(NC2CC(C)CC(C)C2)n1. The number of nitro groups is 1. The van der Waals surface area contributed by atoms with Crippen LogP contribution >= 0.6 is 0 Å². The minimum Gasteiger partial charge on any atom is -0.361 e. The summed E-state index contributed by atoms with van der Waals surface area (Å²) in [5.41, 5.74) is -0.0671. The number of nitrogens with zero attached hydrogens (tertiary/aromatic N) is 3. The predicted octanol–water partition coefficient (Wildman–Crippen LogP) is 3.05. The number of aromatic nitrogens is 2. The molecule has 2 rings (SSSR count). The van der Waals surface area contributed by atoms with Crippen molar-refractivity contribution in [2.75, 3.05) is 17.2 Å². The fourth-order valence-corrected chi connectivity index (χ4v) is 3.12. The minimum absolute atomic E-state index is 0.0671. The Bertz CT molecular complexity index is 498. The summed E-state index contributed by atoms with van der Waals surface area (Å²) in [6.45, 7) is 7.06. The summed E-state index contributed by atoms with van der Waals surface area (Å²) in [6, 6.07) is 0.229. The highest BCUT2D eigenvalue weighted by Crippen LogP contribution is 2.32. The van der Waals surface area contributed by atoms with Gasteiger partial charge in [0.05, 0.1) is 4.92 Å². The Hall–Kier alpha value is -1.92. The van der Waals surface area contributed by atoms with E-state index in [1.807, 2.05) is 6.92 Å². The van der Waals surface area contributed by atoms with Crippen LogP contribution in [-0.4, -0.2) is 27.5 Å². The molecule has 0 spiro atoms. The van der Waals surface area contributed by atoms with Crippen molar-refractivity contribution in [3.05, 3.63) is 16.3 Å². The van der Waals surface area contributed by atoms with Gasteiger partial charge in [0.2, 0.25) is 11.8 Å². The molecule has 2 N–H and O–H groups in total. The number of rotatable bonds is 5. The lowest BCUT2D eigenvalue weighted by Crippen LogP contribution is -2.31. The summed E-state index contributed by atoms with van der Waals surface area (Å²) in [5, 5.41) is 17.4. The lowest BCUT2D eigenvalue weighted by Gasteiger charge is -2.32. The van der Waals surface area contributed by atoms with Gasteiger partial charge >= 0.3 is 5.69 Å². The second kappa shape index (κ2) is 6.69. The van der Waals surface area contributed by atoms with Crippen molar-refractivity contribution in [2.45, 2.75) is 46.1 Å². The first-order chi connectivity index (χ1) is 9.99. The van der Waals surface area contributed by atoms with Crippen LogP contribution in [0.5, 0.6) is 0 Å². The molecule has 1 aromatic heterocycles. The van der Waals surface area contributed by atoms with Gasteiger partial charge in [0, 0.05) is 12.6 Å². The average molecular weight is 293 g/mol. The van der Waals surface area contributed by atoms with Crippen molar-refractivity contribution >= 4 is 17.5 Å². The van der Waals surface area contributed by atoms with Gasteiger partial charge in [-0.25, -0.2) is 4.98 Å². The van der Waals surface area contributed by atoms with E-state index in [1.54, 1.807) is 0 Å². The van der Waals surface area contributed by atoms with Crippen LogP contribution in [0.15, 0.2) is 6.20 Å². The Kier molecular flexibility index (Phi) is 4.93. The third-order valence-electron chi connectivity index (χ3n) is 3.82. The molecule has 0 radical (unpaired) electrons. The fourth-order valence-electron chi connectivity index (χ4n) is 3.12. The molecule has 116 valence electrons. The number of nitrogens with one attached hydrogen (secondary N) is 2. The van der Waals surface area contributed by atoms with E-state index in [0.29, 0.717) is 30.1 Å². The Morgan fingerprint density at radius 3 is 2.57 bits per heavy atom. The molecule has 0 bridgehead atoms. The van der Waals surface area contributed by atoms with E-state index in [0.717, 1.165) is 12.8 Å². The van der Waals surface area contributed by atoms with E-state index in [4.69, 9.17) is 0 Å². The third kappa shape index (κ3) is 4.03. The Morgan fingerprint density at radius 2 is 2.00 bits per heavy atom. The zero-order chi connectivity index (χ0) is 15.4. The van der Waals surface area contributed by atoms with Gasteiger partial charge in [-0.15, -0.1) is 0 Å². The molecule has 2 atom stereocenters. The topological polar surface area (TPSA) is 93.0 Å². The summed E-state index contributed by atoms with van der Waals surface area (Å²) in [7, 11) is 0. The summed E-state index contributed by atoms with van der Waals surface area (Å²) in [5.74, 6) is 1.99. The molecule has 1 aliphatic rings. The highest BCUT2D eigenvalue weighted by Gasteiger charge is 2.27. The number of hydrogen-bond donors (Lipinski definition) is 2. The van der Waals surface area contributed by atoms with E-state index in [-0.39, 0.29) is 11.7 Å². The predicted molar refractivity (Wildman–Crippen MR) is 82.4 cm³/mol. The maximum absolute atomic E-state index is 11.1. The van der Waals surface area contributed by atoms with Crippen LogP contribution in [0.3, 0.4) is 0 Å². The van der Waals surface area contributed by atoms with Crippen molar-refractivity contribution in [2.24, 2.45) is 11.8 Å². The Labute approximate surface area is 124 Å². The van der Waals surface area contributed by atoms with Crippen molar-refractivity contribution < 1.29 is 4.92 Å². The standard InChI is InChI=1S/C14H23N5O2/c1-4-15-14-16-8-12(19(20)21)13(18-14)17-11-6-9(2)5-10(3)7-11/h8-11H,4-7H2,1-3H3,(H2,15,16,17,18). The van der Waals surface area contributed by atoms with Gasteiger partial charge in [-0.05, 0) is 38.0 Å². The van der Waals surface area contributed by atoms with Crippen molar-refractivity contribution in [1.29, 1.82) is 0 Å². The van der Waals surface area contributed by atoms with E-state index in [9.17, 15) is 10.1 Å². The van der Waals surface area contributed by atoms with Crippen LogP contribution in [0.2, 0.25) is 0 Å².